The SMILES string of the molecule is CCCC1(C=O)CCSCC1. The molecule has 0 radical (unpaired) electrons. The summed E-state index contributed by atoms with van der Waals surface area (Å²) >= 11 is 1.98. The van der Waals surface area contributed by atoms with E-state index in [-0.39, 0.29) is 5.41 Å². The molecule has 0 saturated carbocycles. The summed E-state index contributed by atoms with van der Waals surface area (Å²) in [6.45, 7) is 2.16. The minimum absolute atomic E-state index is 0.0694. The molecular weight excluding hydrogens is 156 g/mol. The highest BCUT2D eigenvalue weighted by Gasteiger charge is 2.30. The molecule has 1 heterocycles. The highest BCUT2D eigenvalue weighted by Crippen LogP contribution is 2.36. The Hall–Kier alpha value is 0.0200. The van der Waals surface area contributed by atoms with Gasteiger partial charge in [0.15, 0.2) is 0 Å². The van der Waals surface area contributed by atoms with Crippen LogP contribution in [0.3, 0.4) is 0 Å². The maximum atomic E-state index is 10.9. The molecule has 1 rings (SSSR count). The van der Waals surface area contributed by atoms with Crippen LogP contribution >= 0.6 is 11.8 Å². The summed E-state index contributed by atoms with van der Waals surface area (Å²) in [6, 6.07) is 0. The third-order valence-corrected chi connectivity index (χ3v) is 3.47. The van der Waals surface area contributed by atoms with Crippen molar-refractivity contribution in [3.8, 4) is 0 Å². The molecule has 1 aliphatic heterocycles. The van der Waals surface area contributed by atoms with Crippen LogP contribution in [0.1, 0.15) is 32.6 Å². The zero-order valence-corrected chi connectivity index (χ0v) is 7.95. The first-order chi connectivity index (χ1) is 5.33. The van der Waals surface area contributed by atoms with Crippen molar-refractivity contribution in [2.45, 2.75) is 32.6 Å². The van der Waals surface area contributed by atoms with Crippen LogP contribution in [-0.2, 0) is 4.79 Å². The van der Waals surface area contributed by atoms with E-state index in [1.54, 1.807) is 0 Å². The lowest BCUT2D eigenvalue weighted by Crippen LogP contribution is -2.27. The summed E-state index contributed by atoms with van der Waals surface area (Å²) in [6.07, 6.45) is 5.65. The fourth-order valence-corrected chi connectivity index (χ4v) is 3.01. The zero-order chi connectivity index (χ0) is 8.16. The van der Waals surface area contributed by atoms with Crippen LogP contribution in [0, 0.1) is 5.41 Å². The normalized spacial score (nSPS) is 23.0. The second-order valence-electron chi connectivity index (χ2n) is 3.34. The predicted molar refractivity (Wildman–Crippen MR) is 50.0 cm³/mol. The standard InChI is InChI=1S/C9H16OS/c1-2-3-9(8-10)4-6-11-7-5-9/h8H,2-7H2,1H3. The van der Waals surface area contributed by atoms with Crippen molar-refractivity contribution in [1.29, 1.82) is 0 Å². The van der Waals surface area contributed by atoms with E-state index in [9.17, 15) is 4.79 Å². The molecule has 0 atom stereocenters. The van der Waals surface area contributed by atoms with Gasteiger partial charge in [-0.1, -0.05) is 13.3 Å². The van der Waals surface area contributed by atoms with Gasteiger partial charge >= 0.3 is 0 Å². The van der Waals surface area contributed by atoms with Crippen LogP contribution in [-0.4, -0.2) is 17.8 Å². The minimum Gasteiger partial charge on any atom is -0.303 e. The van der Waals surface area contributed by atoms with Crippen LogP contribution in [0.4, 0.5) is 0 Å². The lowest BCUT2D eigenvalue weighted by molar-refractivity contribution is -0.117. The van der Waals surface area contributed by atoms with Crippen molar-refractivity contribution in [1.82, 2.24) is 0 Å². The van der Waals surface area contributed by atoms with Gasteiger partial charge in [0.05, 0.1) is 0 Å². The van der Waals surface area contributed by atoms with Crippen LogP contribution in [0.15, 0.2) is 0 Å². The van der Waals surface area contributed by atoms with Gasteiger partial charge in [0, 0.05) is 5.41 Å². The van der Waals surface area contributed by atoms with Crippen molar-refractivity contribution in [2.75, 3.05) is 11.5 Å². The maximum Gasteiger partial charge on any atom is 0.126 e. The number of carbonyl (C=O) groups excluding carboxylic acids is 1. The van der Waals surface area contributed by atoms with Crippen molar-refractivity contribution < 1.29 is 4.79 Å². The van der Waals surface area contributed by atoms with E-state index >= 15 is 0 Å². The van der Waals surface area contributed by atoms with Gasteiger partial charge in [-0.05, 0) is 30.8 Å². The number of thioether (sulfide) groups is 1. The minimum atomic E-state index is 0.0694. The third-order valence-electron chi connectivity index (χ3n) is 2.49. The molecule has 1 aliphatic rings. The molecule has 0 bridgehead atoms. The number of hydrogen-bond acceptors (Lipinski definition) is 2. The number of hydrogen-bond donors (Lipinski definition) is 0. The Morgan fingerprint density at radius 2 is 2.09 bits per heavy atom. The Labute approximate surface area is 72.9 Å². The summed E-state index contributed by atoms with van der Waals surface area (Å²) in [5.74, 6) is 2.36. The third kappa shape index (κ3) is 2.22. The van der Waals surface area contributed by atoms with Crippen molar-refractivity contribution in [2.24, 2.45) is 5.41 Å². The van der Waals surface area contributed by atoms with E-state index < -0.39 is 0 Å². The summed E-state index contributed by atoms with van der Waals surface area (Å²) in [5, 5.41) is 0. The van der Waals surface area contributed by atoms with Gasteiger partial charge in [-0.3, -0.25) is 0 Å². The van der Waals surface area contributed by atoms with Gasteiger partial charge in [-0.25, -0.2) is 0 Å². The molecule has 2 heteroatoms. The number of aldehydes is 1. The monoisotopic (exact) mass is 172 g/mol. The lowest BCUT2D eigenvalue weighted by Gasteiger charge is -2.31. The molecule has 0 aliphatic carbocycles. The molecular formula is C9H16OS. The smallest absolute Gasteiger partial charge is 0.126 e. The highest BCUT2D eigenvalue weighted by molar-refractivity contribution is 7.99. The van der Waals surface area contributed by atoms with Gasteiger partial charge in [-0.15, -0.1) is 0 Å². The molecule has 0 aromatic heterocycles. The first-order valence-corrected chi connectivity index (χ1v) is 5.52. The summed E-state index contributed by atoms with van der Waals surface area (Å²) in [5.41, 5.74) is 0.0694. The van der Waals surface area contributed by atoms with E-state index in [0.717, 1.165) is 25.7 Å². The van der Waals surface area contributed by atoms with Crippen LogP contribution in [0.25, 0.3) is 0 Å². The largest absolute Gasteiger partial charge is 0.303 e. The van der Waals surface area contributed by atoms with Crippen LogP contribution in [0.5, 0.6) is 0 Å². The molecule has 1 fully saturated rings. The van der Waals surface area contributed by atoms with E-state index in [2.05, 4.69) is 6.92 Å². The fourth-order valence-electron chi connectivity index (χ4n) is 1.70. The van der Waals surface area contributed by atoms with Gasteiger partial charge in [0.1, 0.15) is 6.29 Å². The fraction of sp³-hybridized carbons (Fsp3) is 0.889. The van der Waals surface area contributed by atoms with Gasteiger partial charge in [0.2, 0.25) is 0 Å². The van der Waals surface area contributed by atoms with Crippen molar-refractivity contribution in [3.63, 3.8) is 0 Å². The van der Waals surface area contributed by atoms with Gasteiger partial charge in [-0.2, -0.15) is 11.8 Å². The topological polar surface area (TPSA) is 17.1 Å². The molecule has 0 aromatic carbocycles. The van der Waals surface area contributed by atoms with Crippen molar-refractivity contribution in [3.05, 3.63) is 0 Å². The molecule has 0 spiro atoms. The highest BCUT2D eigenvalue weighted by atomic mass is 32.2. The van der Waals surface area contributed by atoms with E-state index in [0.29, 0.717) is 0 Å². The van der Waals surface area contributed by atoms with Crippen LogP contribution < -0.4 is 0 Å². The molecule has 11 heavy (non-hydrogen) atoms. The zero-order valence-electron chi connectivity index (χ0n) is 7.14. The average Bonchev–Trinajstić information content (AvgIpc) is 2.07. The summed E-state index contributed by atoms with van der Waals surface area (Å²) < 4.78 is 0. The Balaban J connectivity index is 2.49. The molecule has 0 unspecified atom stereocenters. The number of carbonyl (C=O) groups is 1. The van der Waals surface area contributed by atoms with E-state index in [1.807, 2.05) is 11.8 Å². The first-order valence-electron chi connectivity index (χ1n) is 4.37. The first kappa shape index (κ1) is 9.11. The summed E-state index contributed by atoms with van der Waals surface area (Å²) in [7, 11) is 0. The average molecular weight is 172 g/mol. The van der Waals surface area contributed by atoms with Crippen LogP contribution in [0.2, 0.25) is 0 Å². The molecule has 64 valence electrons. The molecule has 1 nitrogen and oxygen atoms in total. The second kappa shape index (κ2) is 4.15. The molecule has 0 N–H and O–H groups in total. The van der Waals surface area contributed by atoms with E-state index in [4.69, 9.17) is 0 Å². The Bertz CT molecular complexity index is 122. The Kier molecular flexibility index (Phi) is 3.44. The molecule has 0 aromatic rings. The summed E-state index contributed by atoms with van der Waals surface area (Å²) in [4.78, 5) is 10.9. The maximum absolute atomic E-state index is 10.9. The molecule has 1 saturated heterocycles. The van der Waals surface area contributed by atoms with Gasteiger partial charge < -0.3 is 4.79 Å². The lowest BCUT2D eigenvalue weighted by atomic mass is 9.79. The predicted octanol–water partition coefficient (Wildman–Crippen LogP) is 2.50. The number of rotatable bonds is 3. The van der Waals surface area contributed by atoms with E-state index in [1.165, 1.54) is 17.8 Å². The quantitative estimate of drug-likeness (QED) is 0.608. The molecule has 0 amide bonds. The van der Waals surface area contributed by atoms with Gasteiger partial charge in [0.25, 0.3) is 0 Å². The second-order valence-corrected chi connectivity index (χ2v) is 4.57. The van der Waals surface area contributed by atoms with Crippen molar-refractivity contribution >= 4 is 18.0 Å². The Morgan fingerprint density at radius 3 is 2.55 bits per heavy atom. The Morgan fingerprint density at radius 1 is 1.45 bits per heavy atom.